The lowest BCUT2D eigenvalue weighted by molar-refractivity contribution is 0.669. The molecule has 0 atom stereocenters. The zero-order chi connectivity index (χ0) is 75.9. The quantitative estimate of drug-likeness (QED) is 0.118. The molecular formula is C106H64N6O2S. The number of benzene rings is 16. The largest absolute Gasteiger partial charge is 0.455 e. The number of para-hydroxylation sites is 4. The molecule has 0 saturated carbocycles. The first-order valence-corrected chi connectivity index (χ1v) is 39.4. The molecule has 7 aromatic heterocycles. The SMILES string of the molecule is c1ccc(-c2cc(-c3ccc(-c4cc5c(-c6ccccc6)nc6ccccc6c5c5c4oc4ccccc45)c4c3oc3ccccc34)nc(-c3ccccc3)n2)cc1.c1ccc(-c2cc(-c3ccc(-c4ccc(-c5cc6c(-c7ccccc7)nc7ccccc7c6c6c5sc5ccccc56)cc4)cc3)nc(-c3ccccc3)n2)cc1. The minimum Gasteiger partial charge on any atom is -0.455 e. The van der Waals surface area contributed by atoms with Gasteiger partial charge >= 0.3 is 0 Å². The van der Waals surface area contributed by atoms with Gasteiger partial charge in [-0.05, 0) is 82.9 Å². The highest BCUT2D eigenvalue weighted by Crippen LogP contribution is 2.52. The first-order chi connectivity index (χ1) is 57.0. The second-order valence-corrected chi connectivity index (χ2v) is 30.0. The molecule has 16 aromatic carbocycles. The molecule has 23 aromatic rings. The van der Waals surface area contributed by atoms with Crippen molar-refractivity contribution in [2.75, 3.05) is 0 Å². The van der Waals surface area contributed by atoms with Gasteiger partial charge in [0.1, 0.15) is 22.3 Å². The van der Waals surface area contributed by atoms with Gasteiger partial charge in [-0.2, -0.15) is 0 Å². The maximum atomic E-state index is 6.95. The van der Waals surface area contributed by atoms with Crippen LogP contribution in [-0.2, 0) is 0 Å². The van der Waals surface area contributed by atoms with Gasteiger partial charge in [-0.25, -0.2) is 29.9 Å². The van der Waals surface area contributed by atoms with Crippen LogP contribution >= 0.6 is 11.3 Å². The van der Waals surface area contributed by atoms with Crippen LogP contribution in [0.2, 0.25) is 0 Å². The fraction of sp³-hybridized carbons (Fsp3) is 0. The highest BCUT2D eigenvalue weighted by atomic mass is 32.1. The summed E-state index contributed by atoms with van der Waals surface area (Å²) < 4.78 is 16.4. The second kappa shape index (κ2) is 28.0. The predicted octanol–water partition coefficient (Wildman–Crippen LogP) is 28.9. The minimum absolute atomic E-state index is 0.650. The number of nitrogens with zero attached hydrogens (tertiary/aromatic N) is 6. The Morgan fingerprint density at radius 1 is 0.200 bits per heavy atom. The Labute approximate surface area is 664 Å². The van der Waals surface area contributed by atoms with Gasteiger partial charge in [0.25, 0.3) is 0 Å². The molecule has 7 heterocycles. The smallest absolute Gasteiger partial charge is 0.160 e. The van der Waals surface area contributed by atoms with Crippen molar-refractivity contribution in [1.82, 2.24) is 29.9 Å². The lowest BCUT2D eigenvalue weighted by atomic mass is 9.90. The molecule has 23 rings (SSSR count). The van der Waals surface area contributed by atoms with Gasteiger partial charge < -0.3 is 8.83 Å². The number of fused-ring (bicyclic) bond motifs is 17. The molecule has 0 bridgehead atoms. The maximum Gasteiger partial charge on any atom is 0.160 e. The molecule has 8 nitrogen and oxygen atoms in total. The molecular weight excluding hydrogens is 1420 g/mol. The van der Waals surface area contributed by atoms with E-state index in [4.69, 9.17) is 38.7 Å². The first kappa shape index (κ1) is 66.8. The molecule has 0 spiro atoms. The van der Waals surface area contributed by atoms with Crippen molar-refractivity contribution in [2.24, 2.45) is 0 Å². The van der Waals surface area contributed by atoms with Gasteiger partial charge in [-0.3, -0.25) is 0 Å². The highest BCUT2D eigenvalue weighted by Gasteiger charge is 2.27. The van der Waals surface area contributed by atoms with E-state index in [1.54, 1.807) is 0 Å². The van der Waals surface area contributed by atoms with E-state index >= 15 is 0 Å². The number of hydrogen-bond donors (Lipinski definition) is 0. The van der Waals surface area contributed by atoms with Crippen LogP contribution in [0.5, 0.6) is 0 Å². The first-order valence-electron chi connectivity index (χ1n) is 38.6. The molecule has 115 heavy (non-hydrogen) atoms. The van der Waals surface area contributed by atoms with E-state index in [0.717, 1.165) is 172 Å². The van der Waals surface area contributed by atoms with Gasteiger partial charge in [0.15, 0.2) is 11.6 Å². The Balaban J connectivity index is 0.000000140. The summed E-state index contributed by atoms with van der Waals surface area (Å²) in [5, 5.41) is 13.6. The molecule has 0 aliphatic carbocycles. The van der Waals surface area contributed by atoms with Gasteiger partial charge in [0.05, 0.1) is 45.2 Å². The van der Waals surface area contributed by atoms with Gasteiger partial charge in [0, 0.05) is 130 Å². The van der Waals surface area contributed by atoms with Crippen LogP contribution in [0.25, 0.3) is 231 Å². The number of aromatic nitrogens is 6. The average Bonchev–Trinajstić information content (AvgIpc) is 1.61. The Morgan fingerprint density at radius 2 is 0.557 bits per heavy atom. The average molecular weight is 1490 g/mol. The van der Waals surface area contributed by atoms with Crippen LogP contribution < -0.4 is 0 Å². The standard InChI is InChI=1S/C53H31N3O2.C53H33N3S/c1-4-16-32(17-5-1)43-31-44(56-53(55-43)34-20-8-3-9-21-34)37-29-28-35(48-38-23-11-14-26-45(38)57-51(37)48)40-30-41-47(49-39-24-12-15-27-46(39)58-52(40)49)36-22-10-13-25-42(36)54-50(41)33-18-6-2-7-19-33;1-4-14-37(15-5-1)46-33-47(56-53(55-46)40-18-8-3-9-19-40)38-30-26-35(27-31-38)34-24-28-36(29-25-34)43-32-44-49(50-42-21-11-13-23-48(42)57-52(43)50)41-20-10-12-22-45(41)54-51(44)39-16-6-2-7-17-39/h1-31H;1-33H. The molecule has 536 valence electrons. The zero-order valence-electron chi connectivity index (χ0n) is 61.9. The molecule has 0 fully saturated rings. The number of rotatable bonds is 11. The van der Waals surface area contributed by atoms with Crippen LogP contribution in [0, 0.1) is 0 Å². The zero-order valence-corrected chi connectivity index (χ0v) is 62.7. The van der Waals surface area contributed by atoms with Gasteiger partial charge in [0.2, 0.25) is 0 Å². The van der Waals surface area contributed by atoms with Crippen LogP contribution in [-0.4, -0.2) is 29.9 Å². The summed E-state index contributed by atoms with van der Waals surface area (Å²) in [7, 11) is 0. The maximum absolute atomic E-state index is 6.95. The molecule has 0 radical (unpaired) electrons. The summed E-state index contributed by atoms with van der Waals surface area (Å²) in [4.78, 5) is 30.9. The third-order valence-corrected chi connectivity index (χ3v) is 23.4. The molecule has 0 saturated heterocycles. The lowest BCUT2D eigenvalue weighted by Gasteiger charge is -2.15. The molecule has 0 unspecified atom stereocenters. The van der Waals surface area contributed by atoms with E-state index in [1.165, 1.54) is 47.5 Å². The highest BCUT2D eigenvalue weighted by molar-refractivity contribution is 7.26. The van der Waals surface area contributed by atoms with Gasteiger partial charge in [-0.1, -0.05) is 328 Å². The topological polar surface area (TPSA) is 104 Å². The molecule has 0 aliphatic rings. The number of thiophene rings is 1. The van der Waals surface area contributed by atoms with Crippen molar-refractivity contribution in [3.8, 4) is 124 Å². The van der Waals surface area contributed by atoms with E-state index in [-0.39, 0.29) is 0 Å². The fourth-order valence-corrected chi connectivity index (χ4v) is 18.0. The Kier molecular flexibility index (Phi) is 16.3. The molecule has 9 heteroatoms. The van der Waals surface area contributed by atoms with E-state index in [1.807, 2.05) is 121 Å². The van der Waals surface area contributed by atoms with Crippen LogP contribution in [0.1, 0.15) is 0 Å². The number of pyridine rings is 2. The third kappa shape index (κ3) is 11.8. The van der Waals surface area contributed by atoms with Crippen molar-refractivity contribution in [3.63, 3.8) is 0 Å². The summed E-state index contributed by atoms with van der Waals surface area (Å²) in [5.74, 6) is 1.37. The summed E-state index contributed by atoms with van der Waals surface area (Å²) in [5.41, 5.74) is 25.3. The summed E-state index contributed by atoms with van der Waals surface area (Å²) in [6, 6.07) is 135. The Bertz CT molecular complexity index is 7610. The molecule has 0 N–H and O–H groups in total. The number of furan rings is 2. The van der Waals surface area contributed by atoms with E-state index in [9.17, 15) is 0 Å². The van der Waals surface area contributed by atoms with Crippen LogP contribution in [0.3, 0.4) is 0 Å². The molecule has 0 amide bonds. The fourth-order valence-electron chi connectivity index (χ4n) is 16.8. The van der Waals surface area contributed by atoms with Crippen molar-refractivity contribution in [1.29, 1.82) is 0 Å². The normalized spacial score (nSPS) is 11.7. The van der Waals surface area contributed by atoms with E-state index in [0.29, 0.717) is 11.6 Å². The summed E-state index contributed by atoms with van der Waals surface area (Å²) in [6.45, 7) is 0. The van der Waals surface area contributed by atoms with Crippen LogP contribution in [0.15, 0.2) is 397 Å². The Hall–Kier alpha value is -15.2. The molecule has 0 aliphatic heterocycles. The monoisotopic (exact) mass is 1480 g/mol. The lowest BCUT2D eigenvalue weighted by Crippen LogP contribution is -1.96. The second-order valence-electron chi connectivity index (χ2n) is 29.0. The summed E-state index contributed by atoms with van der Waals surface area (Å²) in [6.07, 6.45) is 0. The van der Waals surface area contributed by atoms with Crippen molar-refractivity contribution >= 4 is 119 Å². The van der Waals surface area contributed by atoms with E-state index in [2.05, 4.69) is 279 Å². The van der Waals surface area contributed by atoms with E-state index < -0.39 is 0 Å². The third-order valence-electron chi connectivity index (χ3n) is 22.2. The minimum atomic E-state index is 0.650. The van der Waals surface area contributed by atoms with Gasteiger partial charge in [-0.15, -0.1) is 11.3 Å². The van der Waals surface area contributed by atoms with Crippen molar-refractivity contribution < 1.29 is 8.83 Å². The Morgan fingerprint density at radius 3 is 1.07 bits per heavy atom. The van der Waals surface area contributed by atoms with Crippen molar-refractivity contribution in [3.05, 3.63) is 388 Å². The number of hydrogen-bond acceptors (Lipinski definition) is 9. The predicted molar refractivity (Wildman–Crippen MR) is 477 cm³/mol. The van der Waals surface area contributed by atoms with Crippen molar-refractivity contribution in [2.45, 2.75) is 0 Å². The summed E-state index contributed by atoms with van der Waals surface area (Å²) >= 11 is 1.88. The van der Waals surface area contributed by atoms with Crippen LogP contribution in [0.4, 0.5) is 0 Å².